The number of benzene rings is 2. The standard InChI is InChI=1S/C23H22F3NO3S/c1-14-13-17(5-9-20(14)30-12-11-28)19(29)8-10-21-15(2)27-22(31-21)16-3-6-18(7-4-16)23(24,25)26/h3-7,9,13,28H,8,10-12H2,1-2H3. The van der Waals surface area contributed by atoms with Crippen LogP contribution < -0.4 is 4.74 Å². The number of hydrogen-bond donors (Lipinski definition) is 1. The van der Waals surface area contributed by atoms with E-state index in [-0.39, 0.29) is 19.0 Å². The monoisotopic (exact) mass is 449 g/mol. The molecule has 1 aromatic heterocycles. The first-order valence-electron chi connectivity index (χ1n) is 9.70. The Labute approximate surface area is 182 Å². The van der Waals surface area contributed by atoms with Gasteiger partial charge in [0.15, 0.2) is 5.78 Å². The Morgan fingerprint density at radius 2 is 1.84 bits per heavy atom. The Kier molecular flexibility index (Phi) is 7.12. The predicted octanol–water partition coefficient (Wildman–Crippen LogP) is 5.63. The lowest BCUT2D eigenvalue weighted by molar-refractivity contribution is -0.137. The summed E-state index contributed by atoms with van der Waals surface area (Å²) in [5.41, 5.74) is 2.10. The molecule has 0 unspecified atom stereocenters. The molecule has 164 valence electrons. The molecule has 0 aliphatic rings. The lowest BCUT2D eigenvalue weighted by atomic mass is 10.0. The molecule has 4 nitrogen and oxygen atoms in total. The number of Topliss-reactive ketones (excluding diaryl/α,β-unsaturated/α-hetero) is 1. The quantitative estimate of drug-likeness (QED) is 0.453. The normalized spacial score (nSPS) is 11.5. The third kappa shape index (κ3) is 5.71. The van der Waals surface area contributed by atoms with Crippen molar-refractivity contribution in [2.24, 2.45) is 0 Å². The minimum absolute atomic E-state index is 0.0133. The highest BCUT2D eigenvalue weighted by Crippen LogP contribution is 2.33. The molecular formula is C23H22F3NO3S. The molecule has 0 aliphatic carbocycles. The number of ketones is 1. The zero-order valence-electron chi connectivity index (χ0n) is 17.1. The van der Waals surface area contributed by atoms with Gasteiger partial charge in [0.05, 0.1) is 17.9 Å². The van der Waals surface area contributed by atoms with Gasteiger partial charge in [-0.25, -0.2) is 4.98 Å². The van der Waals surface area contributed by atoms with E-state index in [2.05, 4.69) is 4.98 Å². The van der Waals surface area contributed by atoms with Crippen molar-refractivity contribution in [1.82, 2.24) is 4.98 Å². The summed E-state index contributed by atoms with van der Waals surface area (Å²) in [7, 11) is 0. The molecule has 3 rings (SSSR count). The van der Waals surface area contributed by atoms with Crippen molar-refractivity contribution in [3.8, 4) is 16.3 Å². The predicted molar refractivity (Wildman–Crippen MR) is 114 cm³/mol. The number of nitrogens with zero attached hydrogens (tertiary/aromatic N) is 1. The van der Waals surface area contributed by atoms with Gasteiger partial charge < -0.3 is 9.84 Å². The molecular weight excluding hydrogens is 427 g/mol. The van der Waals surface area contributed by atoms with Crippen molar-refractivity contribution in [2.75, 3.05) is 13.2 Å². The van der Waals surface area contributed by atoms with E-state index in [0.717, 1.165) is 28.3 Å². The molecule has 2 aromatic carbocycles. The number of alkyl halides is 3. The van der Waals surface area contributed by atoms with Crippen molar-refractivity contribution in [2.45, 2.75) is 32.9 Å². The van der Waals surface area contributed by atoms with E-state index in [0.29, 0.717) is 34.7 Å². The molecule has 0 saturated carbocycles. The number of hydrogen-bond acceptors (Lipinski definition) is 5. The number of aliphatic hydroxyl groups excluding tert-OH is 1. The van der Waals surface area contributed by atoms with Crippen LogP contribution in [0.3, 0.4) is 0 Å². The van der Waals surface area contributed by atoms with E-state index in [9.17, 15) is 18.0 Å². The minimum atomic E-state index is -4.37. The molecule has 0 fully saturated rings. The molecule has 0 saturated heterocycles. The van der Waals surface area contributed by atoms with E-state index in [4.69, 9.17) is 9.84 Å². The molecule has 0 atom stereocenters. The van der Waals surface area contributed by atoms with Crippen molar-refractivity contribution < 1.29 is 27.8 Å². The third-order valence-electron chi connectivity index (χ3n) is 4.78. The van der Waals surface area contributed by atoms with Crippen molar-refractivity contribution in [3.05, 3.63) is 69.7 Å². The Balaban J connectivity index is 1.67. The van der Waals surface area contributed by atoms with Gasteiger partial charge in [0.2, 0.25) is 0 Å². The number of thiazole rings is 1. The van der Waals surface area contributed by atoms with Gasteiger partial charge in [-0.3, -0.25) is 4.79 Å². The maximum atomic E-state index is 12.7. The van der Waals surface area contributed by atoms with E-state index in [1.165, 1.54) is 23.5 Å². The summed E-state index contributed by atoms with van der Waals surface area (Å²) in [5.74, 6) is 0.616. The topological polar surface area (TPSA) is 59.4 Å². The van der Waals surface area contributed by atoms with Crippen molar-refractivity contribution >= 4 is 17.1 Å². The Hall–Kier alpha value is -2.71. The first kappa shape index (κ1) is 23.0. The molecule has 0 aliphatic heterocycles. The zero-order valence-corrected chi connectivity index (χ0v) is 17.9. The van der Waals surface area contributed by atoms with Crippen LogP contribution in [0.25, 0.3) is 10.6 Å². The van der Waals surface area contributed by atoms with Gasteiger partial charge in [0, 0.05) is 22.4 Å². The summed E-state index contributed by atoms with van der Waals surface area (Å²) in [6.07, 6.45) is -3.57. The van der Waals surface area contributed by atoms with E-state index in [1.807, 2.05) is 13.8 Å². The summed E-state index contributed by atoms with van der Waals surface area (Å²) in [5, 5.41) is 9.49. The van der Waals surface area contributed by atoms with Crippen molar-refractivity contribution in [3.63, 3.8) is 0 Å². The highest BCUT2D eigenvalue weighted by molar-refractivity contribution is 7.15. The summed E-state index contributed by atoms with van der Waals surface area (Å²) in [4.78, 5) is 18.0. The van der Waals surface area contributed by atoms with Crippen LogP contribution in [-0.2, 0) is 12.6 Å². The fourth-order valence-corrected chi connectivity index (χ4v) is 4.16. The number of aromatic nitrogens is 1. The van der Waals surface area contributed by atoms with Gasteiger partial charge in [-0.1, -0.05) is 12.1 Å². The van der Waals surface area contributed by atoms with Crippen LogP contribution in [0.1, 0.15) is 38.5 Å². The molecule has 1 N–H and O–H groups in total. The number of halogens is 3. The molecule has 1 heterocycles. The summed E-state index contributed by atoms with van der Waals surface area (Å²) in [6.45, 7) is 3.79. The molecule has 31 heavy (non-hydrogen) atoms. The molecule has 0 radical (unpaired) electrons. The average molecular weight is 449 g/mol. The second-order valence-electron chi connectivity index (χ2n) is 7.08. The van der Waals surface area contributed by atoms with Crippen LogP contribution in [0.15, 0.2) is 42.5 Å². The van der Waals surface area contributed by atoms with Gasteiger partial charge in [-0.15, -0.1) is 11.3 Å². The van der Waals surface area contributed by atoms with Gasteiger partial charge in [-0.05, 0) is 56.2 Å². The molecule has 3 aromatic rings. The number of aliphatic hydroxyl groups is 1. The smallest absolute Gasteiger partial charge is 0.416 e. The zero-order chi connectivity index (χ0) is 22.6. The van der Waals surface area contributed by atoms with Gasteiger partial charge >= 0.3 is 6.18 Å². The summed E-state index contributed by atoms with van der Waals surface area (Å²) >= 11 is 1.39. The first-order valence-corrected chi connectivity index (χ1v) is 10.5. The lowest BCUT2D eigenvalue weighted by Crippen LogP contribution is -2.05. The summed E-state index contributed by atoms with van der Waals surface area (Å²) < 4.78 is 43.6. The molecule has 0 spiro atoms. The highest BCUT2D eigenvalue weighted by Gasteiger charge is 2.30. The highest BCUT2D eigenvalue weighted by atomic mass is 32.1. The third-order valence-corrected chi connectivity index (χ3v) is 6.04. The second-order valence-corrected chi connectivity index (χ2v) is 8.16. The lowest BCUT2D eigenvalue weighted by Gasteiger charge is -2.09. The van der Waals surface area contributed by atoms with Crippen LogP contribution in [0.5, 0.6) is 5.75 Å². The van der Waals surface area contributed by atoms with Gasteiger partial charge in [0.25, 0.3) is 0 Å². The minimum Gasteiger partial charge on any atom is -0.491 e. The van der Waals surface area contributed by atoms with E-state index < -0.39 is 11.7 Å². The molecule has 0 amide bonds. The number of ether oxygens (including phenoxy) is 1. The first-order chi connectivity index (χ1) is 14.7. The Morgan fingerprint density at radius 3 is 2.45 bits per heavy atom. The molecule has 8 heteroatoms. The maximum absolute atomic E-state index is 12.7. The fourth-order valence-electron chi connectivity index (χ4n) is 3.10. The SMILES string of the molecule is Cc1cc(C(=O)CCc2sc(-c3ccc(C(F)(F)F)cc3)nc2C)ccc1OCCO. The van der Waals surface area contributed by atoms with Gasteiger partial charge in [-0.2, -0.15) is 13.2 Å². The van der Waals surface area contributed by atoms with E-state index >= 15 is 0 Å². The van der Waals surface area contributed by atoms with Crippen LogP contribution in [0, 0.1) is 13.8 Å². The van der Waals surface area contributed by atoms with Crippen LogP contribution in [0.2, 0.25) is 0 Å². The van der Waals surface area contributed by atoms with Crippen LogP contribution in [0.4, 0.5) is 13.2 Å². The van der Waals surface area contributed by atoms with Crippen LogP contribution >= 0.6 is 11.3 Å². The van der Waals surface area contributed by atoms with Crippen molar-refractivity contribution in [1.29, 1.82) is 0 Å². The number of carbonyl (C=O) groups is 1. The largest absolute Gasteiger partial charge is 0.491 e. The maximum Gasteiger partial charge on any atom is 0.416 e. The second kappa shape index (κ2) is 9.62. The Bertz CT molecular complexity index is 1060. The molecule has 0 bridgehead atoms. The summed E-state index contributed by atoms with van der Waals surface area (Å²) in [6, 6.07) is 10.1. The average Bonchev–Trinajstić information content (AvgIpc) is 3.11. The van der Waals surface area contributed by atoms with Gasteiger partial charge in [0.1, 0.15) is 17.4 Å². The number of carbonyl (C=O) groups excluding carboxylic acids is 1. The number of aryl methyl sites for hydroxylation is 3. The van der Waals surface area contributed by atoms with Crippen LogP contribution in [-0.4, -0.2) is 29.1 Å². The van der Waals surface area contributed by atoms with E-state index in [1.54, 1.807) is 18.2 Å². The Morgan fingerprint density at radius 1 is 1.13 bits per heavy atom. The fraction of sp³-hybridized carbons (Fsp3) is 0.304. The number of rotatable bonds is 8.